The van der Waals surface area contributed by atoms with E-state index in [1.54, 1.807) is 6.20 Å². The van der Waals surface area contributed by atoms with Crippen molar-refractivity contribution in [3.05, 3.63) is 35.7 Å². The average Bonchev–Trinajstić information content (AvgIpc) is 2.73. The van der Waals surface area contributed by atoms with E-state index in [0.29, 0.717) is 36.2 Å². The number of nitriles is 1. The molecule has 2 aliphatic heterocycles. The number of nitrogens with zero attached hydrogens (tertiary/aromatic N) is 6. The highest BCUT2D eigenvalue weighted by atomic mass is 19.1. The molecule has 4 rings (SSSR count). The number of halogens is 1. The van der Waals surface area contributed by atoms with Crippen LogP contribution in [0.25, 0.3) is 0 Å². The minimum absolute atomic E-state index is 0.185. The molecule has 140 valence electrons. The lowest BCUT2D eigenvalue weighted by molar-refractivity contribution is 0.157. The van der Waals surface area contributed by atoms with E-state index < -0.39 is 0 Å². The van der Waals surface area contributed by atoms with E-state index in [1.807, 2.05) is 13.0 Å². The van der Waals surface area contributed by atoms with E-state index in [9.17, 15) is 4.39 Å². The predicted octanol–water partition coefficient (Wildman–Crippen LogP) is 1.54. The Hall–Kier alpha value is -2.99. The fourth-order valence-electron chi connectivity index (χ4n) is 3.31. The van der Waals surface area contributed by atoms with Crippen molar-refractivity contribution < 1.29 is 13.9 Å². The van der Waals surface area contributed by atoms with Crippen LogP contribution in [0.5, 0.6) is 11.6 Å². The van der Waals surface area contributed by atoms with Crippen LogP contribution in [-0.2, 0) is 0 Å². The summed E-state index contributed by atoms with van der Waals surface area (Å²) < 4.78 is 25.4. The molecule has 1 unspecified atom stereocenters. The van der Waals surface area contributed by atoms with E-state index in [1.165, 1.54) is 12.3 Å². The summed E-state index contributed by atoms with van der Waals surface area (Å²) in [7, 11) is 0. The molecule has 9 heteroatoms. The Balaban J connectivity index is 1.44. The number of hydrogen-bond donors (Lipinski definition) is 0. The summed E-state index contributed by atoms with van der Waals surface area (Å²) in [6.07, 6.45) is 3.08. The molecule has 0 radical (unpaired) electrons. The highest BCUT2D eigenvalue weighted by molar-refractivity contribution is 5.39. The first-order valence-electron chi connectivity index (χ1n) is 8.83. The summed E-state index contributed by atoms with van der Waals surface area (Å²) in [5.74, 6) is 1.08. The quantitative estimate of drug-likeness (QED) is 0.804. The lowest BCUT2D eigenvalue weighted by atomic mass is 10.1. The van der Waals surface area contributed by atoms with Crippen LogP contribution in [0.3, 0.4) is 0 Å². The Morgan fingerprint density at radius 1 is 1.15 bits per heavy atom. The molecule has 0 saturated carbocycles. The fraction of sp³-hybridized carbons (Fsp3) is 0.444. The lowest BCUT2D eigenvalue weighted by Gasteiger charge is -2.38. The maximum Gasteiger partial charge on any atom is 0.257 e. The van der Waals surface area contributed by atoms with Crippen molar-refractivity contribution in [3.63, 3.8) is 0 Å². The van der Waals surface area contributed by atoms with Crippen molar-refractivity contribution in [2.75, 3.05) is 44.3 Å². The van der Waals surface area contributed by atoms with Gasteiger partial charge in [0.25, 0.3) is 5.88 Å². The average molecular weight is 370 g/mol. The second-order valence-corrected chi connectivity index (χ2v) is 6.43. The Morgan fingerprint density at radius 2 is 1.93 bits per heavy atom. The summed E-state index contributed by atoms with van der Waals surface area (Å²) in [6.45, 7) is 5.71. The molecule has 8 nitrogen and oxygen atoms in total. The van der Waals surface area contributed by atoms with Crippen molar-refractivity contribution in [2.45, 2.75) is 13.0 Å². The first-order chi connectivity index (χ1) is 13.2. The third-order valence-electron chi connectivity index (χ3n) is 4.85. The van der Waals surface area contributed by atoms with Crippen LogP contribution in [-0.4, -0.2) is 59.2 Å². The number of pyridine rings is 1. The van der Waals surface area contributed by atoms with Gasteiger partial charge in [-0.2, -0.15) is 5.26 Å². The molecule has 2 aromatic heterocycles. The number of fused-ring (bicyclic) bond motifs is 1. The Bertz CT molecular complexity index is 861. The van der Waals surface area contributed by atoms with Gasteiger partial charge in [-0.3, -0.25) is 4.90 Å². The van der Waals surface area contributed by atoms with Gasteiger partial charge in [0.2, 0.25) is 0 Å². The van der Waals surface area contributed by atoms with Gasteiger partial charge in [0.1, 0.15) is 30.9 Å². The fourth-order valence-corrected chi connectivity index (χ4v) is 3.31. The van der Waals surface area contributed by atoms with Gasteiger partial charge in [-0.25, -0.2) is 19.3 Å². The van der Waals surface area contributed by atoms with Gasteiger partial charge in [-0.05, 0) is 6.92 Å². The molecule has 4 heterocycles. The van der Waals surface area contributed by atoms with E-state index >= 15 is 0 Å². The van der Waals surface area contributed by atoms with Crippen LogP contribution in [0.4, 0.5) is 10.2 Å². The van der Waals surface area contributed by atoms with Crippen LogP contribution in [0.1, 0.15) is 24.4 Å². The molecular weight excluding hydrogens is 351 g/mol. The van der Waals surface area contributed by atoms with Crippen molar-refractivity contribution in [1.82, 2.24) is 19.9 Å². The summed E-state index contributed by atoms with van der Waals surface area (Å²) in [5, 5.41) is 8.81. The van der Waals surface area contributed by atoms with Gasteiger partial charge in [0.15, 0.2) is 11.4 Å². The zero-order valence-electron chi connectivity index (χ0n) is 14.9. The van der Waals surface area contributed by atoms with Crippen molar-refractivity contribution >= 4 is 5.82 Å². The van der Waals surface area contributed by atoms with Crippen LogP contribution < -0.4 is 14.4 Å². The number of aromatic nitrogens is 3. The summed E-state index contributed by atoms with van der Waals surface area (Å²) in [4.78, 5) is 17.0. The van der Waals surface area contributed by atoms with Gasteiger partial charge < -0.3 is 14.4 Å². The zero-order valence-corrected chi connectivity index (χ0v) is 14.9. The van der Waals surface area contributed by atoms with Gasteiger partial charge in [-0.15, -0.1) is 0 Å². The predicted molar refractivity (Wildman–Crippen MR) is 94.1 cm³/mol. The first-order valence-corrected chi connectivity index (χ1v) is 8.83. The lowest BCUT2D eigenvalue weighted by Crippen LogP contribution is -2.47. The third-order valence-corrected chi connectivity index (χ3v) is 4.85. The molecule has 0 spiro atoms. The van der Waals surface area contributed by atoms with Crippen LogP contribution in [0.15, 0.2) is 18.5 Å². The normalized spacial score (nSPS) is 18.0. The SMILES string of the molecule is CC(c1nc2c(cc1F)OCCO2)N1CCN(c2cnc(C#N)cn2)CC1. The van der Waals surface area contributed by atoms with Gasteiger partial charge >= 0.3 is 0 Å². The molecule has 0 N–H and O–H groups in total. The smallest absolute Gasteiger partial charge is 0.257 e. The maximum atomic E-state index is 14.5. The van der Waals surface area contributed by atoms with Crippen LogP contribution in [0, 0.1) is 17.1 Å². The monoisotopic (exact) mass is 370 g/mol. The molecule has 0 aromatic carbocycles. The number of ether oxygens (including phenoxy) is 2. The standard InChI is InChI=1S/C18H19FN6O2/c1-12(17-14(19)8-15-18(23-17)27-7-6-26-15)24-2-4-25(5-3-24)16-11-21-13(9-20)10-22-16/h8,10-12H,2-7H2,1H3. The first kappa shape index (κ1) is 17.4. The molecule has 1 atom stereocenters. The minimum atomic E-state index is -0.382. The van der Waals surface area contributed by atoms with E-state index in [0.717, 1.165) is 32.0 Å². The largest absolute Gasteiger partial charge is 0.484 e. The third kappa shape index (κ3) is 3.48. The molecule has 0 amide bonds. The maximum absolute atomic E-state index is 14.5. The Morgan fingerprint density at radius 3 is 2.63 bits per heavy atom. The number of anilines is 1. The van der Waals surface area contributed by atoms with E-state index in [4.69, 9.17) is 14.7 Å². The van der Waals surface area contributed by atoms with Crippen LogP contribution >= 0.6 is 0 Å². The van der Waals surface area contributed by atoms with Crippen molar-refractivity contribution in [2.24, 2.45) is 0 Å². The molecule has 1 saturated heterocycles. The van der Waals surface area contributed by atoms with E-state index in [-0.39, 0.29) is 11.9 Å². The number of hydrogen-bond acceptors (Lipinski definition) is 8. The van der Waals surface area contributed by atoms with Gasteiger partial charge in [0.05, 0.1) is 24.1 Å². The summed E-state index contributed by atoms with van der Waals surface area (Å²) in [5.41, 5.74) is 0.664. The topological polar surface area (TPSA) is 87.4 Å². The van der Waals surface area contributed by atoms with Gasteiger partial charge in [0, 0.05) is 32.2 Å². The Kier molecular flexibility index (Phi) is 4.73. The highest BCUT2D eigenvalue weighted by Gasteiger charge is 2.27. The molecule has 2 aliphatic rings. The van der Waals surface area contributed by atoms with Crippen molar-refractivity contribution in [3.8, 4) is 17.7 Å². The zero-order chi connectivity index (χ0) is 18.8. The van der Waals surface area contributed by atoms with E-state index in [2.05, 4.69) is 24.8 Å². The van der Waals surface area contributed by atoms with Crippen molar-refractivity contribution in [1.29, 1.82) is 5.26 Å². The second kappa shape index (κ2) is 7.32. The molecule has 1 fully saturated rings. The molecule has 27 heavy (non-hydrogen) atoms. The molecule has 2 aromatic rings. The van der Waals surface area contributed by atoms with Crippen LogP contribution in [0.2, 0.25) is 0 Å². The Labute approximate surface area is 156 Å². The minimum Gasteiger partial charge on any atom is -0.484 e. The highest BCUT2D eigenvalue weighted by Crippen LogP contribution is 2.33. The summed E-state index contributed by atoms with van der Waals surface area (Å²) >= 11 is 0. The second-order valence-electron chi connectivity index (χ2n) is 6.43. The molecular formula is C18H19FN6O2. The molecule has 0 aliphatic carbocycles. The summed E-state index contributed by atoms with van der Waals surface area (Å²) in [6, 6.07) is 3.13. The number of piperazine rings is 1. The number of rotatable bonds is 3. The van der Waals surface area contributed by atoms with Gasteiger partial charge in [-0.1, -0.05) is 0 Å². The molecule has 0 bridgehead atoms.